The maximum absolute atomic E-state index is 12.8. The lowest BCUT2D eigenvalue weighted by atomic mass is 10.1. The number of aromatic nitrogens is 2. The summed E-state index contributed by atoms with van der Waals surface area (Å²) in [7, 11) is 0.749. The maximum atomic E-state index is 12.8. The largest absolute Gasteiger partial charge is 0.469 e. The molecule has 10 heteroatoms. The van der Waals surface area contributed by atoms with Gasteiger partial charge in [0.1, 0.15) is 11.7 Å². The molecule has 0 aliphatic heterocycles. The number of hydrogen-bond donors (Lipinski definition) is 2. The predicted octanol–water partition coefficient (Wildman–Crippen LogP) is 1.71. The molecule has 2 aromatic carbocycles. The van der Waals surface area contributed by atoms with E-state index in [1.807, 2.05) is 23.7 Å². The Morgan fingerprint density at radius 1 is 1.23 bits per heavy atom. The number of esters is 1. The van der Waals surface area contributed by atoms with Gasteiger partial charge < -0.3 is 15.0 Å². The van der Waals surface area contributed by atoms with Gasteiger partial charge in [0.15, 0.2) is 0 Å². The zero-order valence-corrected chi connectivity index (χ0v) is 17.7. The smallest absolute Gasteiger partial charge is 0.306 e. The molecule has 1 aromatic heterocycles. The van der Waals surface area contributed by atoms with Crippen LogP contribution in [0.2, 0.25) is 0 Å². The number of nitrogens with one attached hydrogen (secondary N) is 1. The van der Waals surface area contributed by atoms with Gasteiger partial charge in [-0.05, 0) is 18.2 Å². The van der Waals surface area contributed by atoms with Crippen molar-refractivity contribution in [2.45, 2.75) is 11.3 Å². The lowest BCUT2D eigenvalue weighted by molar-refractivity contribution is -0.140. The van der Waals surface area contributed by atoms with E-state index in [-0.39, 0.29) is 23.7 Å². The SMILES string of the molecule is COC(=O)CCN(C)S(=O)(=O)c1ccc2c(c1)nc(-c1ccc(C(=N)N)cc1)n2C. The van der Waals surface area contributed by atoms with Crippen LogP contribution in [0.25, 0.3) is 22.4 Å². The van der Waals surface area contributed by atoms with Crippen molar-refractivity contribution in [3.63, 3.8) is 0 Å². The van der Waals surface area contributed by atoms with E-state index in [4.69, 9.17) is 11.1 Å². The summed E-state index contributed by atoms with van der Waals surface area (Å²) < 4.78 is 33.2. The molecule has 0 amide bonds. The van der Waals surface area contributed by atoms with Crippen LogP contribution in [0.5, 0.6) is 0 Å². The van der Waals surface area contributed by atoms with E-state index in [1.165, 1.54) is 26.3 Å². The van der Waals surface area contributed by atoms with Crippen molar-refractivity contribution in [3.05, 3.63) is 48.0 Å². The highest BCUT2D eigenvalue weighted by Crippen LogP contribution is 2.26. The van der Waals surface area contributed by atoms with Gasteiger partial charge in [0.25, 0.3) is 0 Å². The summed E-state index contributed by atoms with van der Waals surface area (Å²) in [6, 6.07) is 11.9. The second-order valence-corrected chi connectivity index (χ2v) is 8.83. The van der Waals surface area contributed by atoms with E-state index < -0.39 is 16.0 Å². The van der Waals surface area contributed by atoms with Crippen molar-refractivity contribution in [1.29, 1.82) is 5.41 Å². The van der Waals surface area contributed by atoms with E-state index in [1.54, 1.807) is 18.2 Å². The molecule has 9 nitrogen and oxygen atoms in total. The molecular formula is C20H23N5O4S. The number of amidine groups is 1. The van der Waals surface area contributed by atoms with Crippen LogP contribution < -0.4 is 5.73 Å². The number of imidazole rings is 1. The molecule has 3 aromatic rings. The number of nitrogens with zero attached hydrogens (tertiary/aromatic N) is 3. The quantitative estimate of drug-likeness (QED) is 0.334. The van der Waals surface area contributed by atoms with Gasteiger partial charge in [-0.25, -0.2) is 17.7 Å². The van der Waals surface area contributed by atoms with Gasteiger partial charge in [-0.15, -0.1) is 0 Å². The first-order valence-corrected chi connectivity index (χ1v) is 10.5. The number of sulfonamides is 1. The summed E-state index contributed by atoms with van der Waals surface area (Å²) >= 11 is 0. The number of benzene rings is 2. The molecule has 1 heterocycles. The van der Waals surface area contributed by atoms with Crippen LogP contribution in [0.3, 0.4) is 0 Å². The second kappa shape index (κ2) is 8.25. The first-order valence-electron chi connectivity index (χ1n) is 9.09. The molecule has 0 aliphatic rings. The highest BCUT2D eigenvalue weighted by molar-refractivity contribution is 7.89. The third-order valence-corrected chi connectivity index (χ3v) is 6.73. The average Bonchev–Trinajstić information content (AvgIpc) is 3.07. The molecule has 0 radical (unpaired) electrons. The van der Waals surface area contributed by atoms with Crippen LogP contribution in [-0.4, -0.2) is 54.8 Å². The lowest BCUT2D eigenvalue weighted by Crippen LogP contribution is -2.29. The van der Waals surface area contributed by atoms with Crippen LogP contribution >= 0.6 is 0 Å². The van der Waals surface area contributed by atoms with Crippen LogP contribution in [0, 0.1) is 5.41 Å². The van der Waals surface area contributed by atoms with Gasteiger partial charge in [-0.1, -0.05) is 24.3 Å². The minimum atomic E-state index is -3.78. The molecule has 0 atom stereocenters. The number of methoxy groups -OCH3 is 1. The minimum absolute atomic E-state index is 0.0160. The molecule has 0 saturated carbocycles. The summed E-state index contributed by atoms with van der Waals surface area (Å²) in [5.41, 5.74) is 8.23. The van der Waals surface area contributed by atoms with Crippen LogP contribution in [0.15, 0.2) is 47.4 Å². The fourth-order valence-corrected chi connectivity index (χ4v) is 4.24. The number of nitrogen functional groups attached to an aromatic ring is 1. The molecule has 0 saturated heterocycles. The molecule has 30 heavy (non-hydrogen) atoms. The molecule has 0 fully saturated rings. The van der Waals surface area contributed by atoms with Gasteiger partial charge in [0.2, 0.25) is 10.0 Å². The number of ether oxygens (including phenoxy) is 1. The Morgan fingerprint density at radius 3 is 2.50 bits per heavy atom. The second-order valence-electron chi connectivity index (χ2n) is 6.79. The molecule has 0 aliphatic carbocycles. The van der Waals surface area contributed by atoms with E-state index in [2.05, 4.69) is 9.72 Å². The van der Waals surface area contributed by atoms with E-state index in [0.717, 1.165) is 15.4 Å². The normalized spacial score (nSPS) is 11.7. The zero-order chi connectivity index (χ0) is 22.1. The van der Waals surface area contributed by atoms with Gasteiger partial charge in [-0.2, -0.15) is 0 Å². The average molecular weight is 430 g/mol. The molecule has 158 valence electrons. The number of nitrogens with two attached hydrogens (primary N) is 1. The maximum Gasteiger partial charge on any atom is 0.306 e. The number of aryl methyl sites for hydroxylation is 1. The highest BCUT2D eigenvalue weighted by atomic mass is 32.2. The summed E-state index contributed by atoms with van der Waals surface area (Å²) in [4.78, 5) is 16.0. The molecule has 3 rings (SSSR count). The van der Waals surface area contributed by atoms with Crippen LogP contribution in [0.1, 0.15) is 12.0 Å². The van der Waals surface area contributed by atoms with Crippen LogP contribution in [0.4, 0.5) is 0 Å². The van der Waals surface area contributed by atoms with E-state index >= 15 is 0 Å². The first kappa shape index (κ1) is 21.5. The Bertz CT molecular complexity index is 1220. The van der Waals surface area contributed by atoms with Crippen molar-refractivity contribution >= 4 is 32.9 Å². The number of hydrogen-bond acceptors (Lipinski definition) is 6. The third-order valence-electron chi connectivity index (χ3n) is 4.87. The Morgan fingerprint density at radius 2 is 1.90 bits per heavy atom. The monoisotopic (exact) mass is 429 g/mol. The molecule has 0 bridgehead atoms. The molecule has 3 N–H and O–H groups in total. The van der Waals surface area contributed by atoms with Crippen molar-refractivity contribution in [1.82, 2.24) is 13.9 Å². The number of carbonyl (C=O) groups excluding carboxylic acids is 1. The zero-order valence-electron chi connectivity index (χ0n) is 16.9. The Kier molecular flexibility index (Phi) is 5.90. The summed E-state index contributed by atoms with van der Waals surface area (Å²) in [5.74, 6) is 0.170. The van der Waals surface area contributed by atoms with E-state index in [9.17, 15) is 13.2 Å². The Balaban J connectivity index is 1.95. The molecule has 0 unspecified atom stereocenters. The van der Waals surface area contributed by atoms with Gasteiger partial charge in [0, 0.05) is 31.8 Å². The standard InChI is InChI=1S/C20H23N5O4S/c1-24(11-10-18(26)29-3)30(27,28)15-8-9-17-16(12-15)23-20(25(17)2)14-6-4-13(5-7-14)19(21)22/h4-9,12H,10-11H2,1-3H3,(H3,21,22). The minimum Gasteiger partial charge on any atom is -0.469 e. The topological polar surface area (TPSA) is 131 Å². The Hall–Kier alpha value is -3.24. The van der Waals surface area contributed by atoms with Crippen LogP contribution in [-0.2, 0) is 26.6 Å². The molecule has 0 spiro atoms. The third kappa shape index (κ3) is 4.05. The van der Waals surface area contributed by atoms with Crippen molar-refractivity contribution in [2.75, 3.05) is 20.7 Å². The van der Waals surface area contributed by atoms with Crippen molar-refractivity contribution in [2.24, 2.45) is 12.8 Å². The predicted molar refractivity (Wildman–Crippen MR) is 114 cm³/mol. The van der Waals surface area contributed by atoms with Crippen molar-refractivity contribution < 1.29 is 17.9 Å². The van der Waals surface area contributed by atoms with Gasteiger partial charge in [0.05, 0.1) is 29.5 Å². The fraction of sp³-hybridized carbons (Fsp3) is 0.250. The molecular weight excluding hydrogens is 406 g/mol. The van der Waals surface area contributed by atoms with Crippen molar-refractivity contribution in [3.8, 4) is 11.4 Å². The fourth-order valence-electron chi connectivity index (χ4n) is 3.05. The van der Waals surface area contributed by atoms with E-state index in [0.29, 0.717) is 16.9 Å². The number of rotatable bonds is 7. The summed E-state index contributed by atoms with van der Waals surface area (Å²) in [6.07, 6.45) is -0.0293. The number of carbonyl (C=O) groups is 1. The van der Waals surface area contributed by atoms with Gasteiger partial charge >= 0.3 is 5.97 Å². The van der Waals surface area contributed by atoms with Gasteiger partial charge in [-0.3, -0.25) is 10.2 Å². The first-order chi connectivity index (χ1) is 14.1. The highest BCUT2D eigenvalue weighted by Gasteiger charge is 2.23. The number of fused-ring (bicyclic) bond motifs is 1. The summed E-state index contributed by atoms with van der Waals surface area (Å²) in [5, 5.41) is 7.49. The Labute approximate surface area is 174 Å². The lowest BCUT2D eigenvalue weighted by Gasteiger charge is -2.16. The summed E-state index contributed by atoms with van der Waals surface area (Å²) in [6.45, 7) is 0.0169.